The summed E-state index contributed by atoms with van der Waals surface area (Å²) >= 11 is 0. The lowest BCUT2D eigenvalue weighted by Crippen LogP contribution is -2.18. The summed E-state index contributed by atoms with van der Waals surface area (Å²) in [6, 6.07) is 4.52. The first-order valence-corrected chi connectivity index (χ1v) is 7.24. The molecule has 0 saturated heterocycles. The van der Waals surface area contributed by atoms with Gasteiger partial charge in [-0.2, -0.15) is 31.4 Å². The van der Waals surface area contributed by atoms with Crippen molar-refractivity contribution in [2.24, 2.45) is 0 Å². The van der Waals surface area contributed by atoms with Crippen LogP contribution < -0.4 is 5.32 Å². The molecule has 0 aliphatic rings. The lowest BCUT2D eigenvalue weighted by atomic mass is 10.2. The van der Waals surface area contributed by atoms with E-state index in [2.05, 4.69) is 10.4 Å². The molecule has 12 heteroatoms. The molecule has 0 aliphatic heterocycles. The van der Waals surface area contributed by atoms with E-state index in [1.165, 1.54) is 0 Å². The summed E-state index contributed by atoms with van der Waals surface area (Å²) in [5, 5.41) is 14.5. The molecule has 0 fully saturated rings. The number of hydrogen-bond acceptors (Lipinski definition) is 3. The molecule has 2 N–H and O–H groups in total. The minimum Gasteiger partial charge on any atom is -0.478 e. The number of carboxylic acid groups (broad SMARTS) is 1. The first-order valence-electron chi connectivity index (χ1n) is 7.24. The molecule has 0 bridgehead atoms. The number of halogens is 6. The van der Waals surface area contributed by atoms with E-state index in [-0.39, 0.29) is 11.4 Å². The van der Waals surface area contributed by atoms with Crippen LogP contribution >= 0.6 is 0 Å². The van der Waals surface area contributed by atoms with Crippen molar-refractivity contribution in [2.45, 2.75) is 25.2 Å². The fraction of sp³-hybridized carbons (Fsp3) is 0.267. The van der Waals surface area contributed by atoms with Crippen molar-refractivity contribution in [2.75, 3.05) is 5.32 Å². The van der Waals surface area contributed by atoms with Gasteiger partial charge >= 0.3 is 18.3 Å². The molecule has 0 aliphatic carbocycles. The van der Waals surface area contributed by atoms with Crippen LogP contribution in [0.5, 0.6) is 0 Å². The normalized spacial score (nSPS) is 12.1. The number of carbonyl (C=O) groups is 2. The van der Waals surface area contributed by atoms with Gasteiger partial charge in [0.15, 0.2) is 5.69 Å². The van der Waals surface area contributed by atoms with Gasteiger partial charge in [0, 0.05) is 12.1 Å². The number of alkyl halides is 6. The molecule has 1 aromatic heterocycles. The number of nitrogens with one attached hydrogen (secondary N) is 1. The van der Waals surface area contributed by atoms with Crippen molar-refractivity contribution in [3.8, 4) is 5.69 Å². The van der Waals surface area contributed by atoms with Crippen LogP contribution in [0.3, 0.4) is 0 Å². The third kappa shape index (κ3) is 5.21. The number of hydrogen-bond donors (Lipinski definition) is 2. The molecule has 6 nitrogen and oxygen atoms in total. The number of nitrogens with zero attached hydrogens (tertiary/aromatic N) is 2. The fourth-order valence-corrected chi connectivity index (χ4v) is 2.14. The maximum Gasteiger partial charge on any atom is 0.434 e. The molecule has 0 atom stereocenters. The number of benzene rings is 1. The van der Waals surface area contributed by atoms with Crippen molar-refractivity contribution in [3.63, 3.8) is 0 Å². The maximum atomic E-state index is 13.1. The molecule has 0 saturated carbocycles. The molecule has 27 heavy (non-hydrogen) atoms. The Kier molecular flexibility index (Phi) is 5.47. The average Bonchev–Trinajstić information content (AvgIpc) is 2.98. The van der Waals surface area contributed by atoms with E-state index < -0.39 is 48.3 Å². The molecule has 1 heterocycles. The maximum absolute atomic E-state index is 13.1. The second-order valence-electron chi connectivity index (χ2n) is 5.33. The van der Waals surface area contributed by atoms with Gasteiger partial charge in [0.2, 0.25) is 5.91 Å². The highest BCUT2D eigenvalue weighted by Gasteiger charge is 2.40. The van der Waals surface area contributed by atoms with E-state index in [0.29, 0.717) is 10.9 Å². The summed E-state index contributed by atoms with van der Waals surface area (Å²) in [4.78, 5) is 22.4. The predicted octanol–water partition coefficient (Wildman–Crippen LogP) is 3.87. The Morgan fingerprint density at radius 1 is 1.07 bits per heavy atom. The zero-order chi connectivity index (χ0) is 20.4. The van der Waals surface area contributed by atoms with Gasteiger partial charge in [-0.05, 0) is 24.3 Å². The SMILES string of the molecule is O=C(CCC(F)(F)F)Nc1ccc(-n2ncc(C(=O)O)c2C(F)(F)F)cc1. The number of amides is 1. The quantitative estimate of drug-likeness (QED) is 0.753. The molecular formula is C15H11F6N3O3. The molecule has 0 radical (unpaired) electrons. The number of carbonyl (C=O) groups excluding carboxylic acids is 1. The molecular weight excluding hydrogens is 384 g/mol. The predicted molar refractivity (Wildman–Crippen MR) is 79.4 cm³/mol. The van der Waals surface area contributed by atoms with Crippen molar-refractivity contribution < 1.29 is 41.0 Å². The Balaban J connectivity index is 2.21. The van der Waals surface area contributed by atoms with Gasteiger partial charge in [-0.1, -0.05) is 0 Å². The second-order valence-corrected chi connectivity index (χ2v) is 5.33. The second kappa shape index (κ2) is 7.29. The van der Waals surface area contributed by atoms with Gasteiger partial charge < -0.3 is 10.4 Å². The lowest BCUT2D eigenvalue weighted by molar-refractivity contribution is -0.143. The molecule has 0 unspecified atom stereocenters. The van der Waals surface area contributed by atoms with Crippen molar-refractivity contribution in [1.29, 1.82) is 0 Å². The zero-order valence-electron chi connectivity index (χ0n) is 13.2. The summed E-state index contributed by atoms with van der Waals surface area (Å²) in [6.45, 7) is 0. The topological polar surface area (TPSA) is 84.2 Å². The largest absolute Gasteiger partial charge is 0.478 e. The van der Waals surface area contributed by atoms with Crippen LogP contribution in [0.1, 0.15) is 28.9 Å². The molecule has 2 rings (SSSR count). The first-order chi connectivity index (χ1) is 12.4. The van der Waals surface area contributed by atoms with Crippen molar-refractivity contribution in [3.05, 3.63) is 41.7 Å². The van der Waals surface area contributed by atoms with E-state index in [1.807, 2.05) is 0 Å². The van der Waals surface area contributed by atoms with E-state index >= 15 is 0 Å². The Hall–Kier alpha value is -3.05. The highest BCUT2D eigenvalue weighted by molar-refractivity contribution is 5.91. The van der Waals surface area contributed by atoms with Gasteiger partial charge in [0.05, 0.1) is 18.3 Å². The molecule has 2 aromatic rings. The third-order valence-electron chi connectivity index (χ3n) is 3.30. The molecule has 1 amide bonds. The summed E-state index contributed by atoms with van der Waals surface area (Å²) < 4.78 is 76.0. The number of aromatic nitrogens is 2. The van der Waals surface area contributed by atoms with Crippen LogP contribution in [-0.2, 0) is 11.0 Å². The molecule has 146 valence electrons. The van der Waals surface area contributed by atoms with Gasteiger partial charge in [-0.25, -0.2) is 9.48 Å². The van der Waals surface area contributed by atoms with Crippen molar-refractivity contribution >= 4 is 17.6 Å². The van der Waals surface area contributed by atoms with E-state index in [0.717, 1.165) is 24.3 Å². The van der Waals surface area contributed by atoms with Crippen LogP contribution in [0.4, 0.5) is 32.0 Å². The standard InChI is InChI=1S/C15H11F6N3O3/c16-14(17,18)6-5-11(25)23-8-1-3-9(4-2-8)24-12(15(19,20)21)10(7-22-24)13(26)27/h1-4,7H,5-6H2,(H,23,25)(H,26,27). The van der Waals surface area contributed by atoms with Gasteiger partial charge in [-0.15, -0.1) is 0 Å². The smallest absolute Gasteiger partial charge is 0.434 e. The van der Waals surface area contributed by atoms with Crippen LogP contribution in [-0.4, -0.2) is 32.9 Å². The summed E-state index contributed by atoms with van der Waals surface area (Å²) in [7, 11) is 0. The van der Waals surface area contributed by atoms with E-state index in [1.54, 1.807) is 0 Å². The Labute approximate surface area is 147 Å². The highest BCUT2D eigenvalue weighted by Crippen LogP contribution is 2.33. The number of carboxylic acids is 1. The zero-order valence-corrected chi connectivity index (χ0v) is 13.2. The minimum absolute atomic E-state index is 0.0603. The Morgan fingerprint density at radius 3 is 2.15 bits per heavy atom. The van der Waals surface area contributed by atoms with Crippen LogP contribution in [0.25, 0.3) is 5.69 Å². The van der Waals surface area contributed by atoms with E-state index in [4.69, 9.17) is 5.11 Å². The molecule has 0 spiro atoms. The number of anilines is 1. The van der Waals surface area contributed by atoms with Gasteiger partial charge in [0.25, 0.3) is 0 Å². The van der Waals surface area contributed by atoms with Crippen LogP contribution in [0.2, 0.25) is 0 Å². The summed E-state index contributed by atoms with van der Waals surface area (Å²) in [6.07, 6.45) is -11.0. The van der Waals surface area contributed by atoms with Gasteiger partial charge in [-0.3, -0.25) is 4.79 Å². The van der Waals surface area contributed by atoms with Crippen LogP contribution in [0.15, 0.2) is 30.5 Å². The fourth-order valence-electron chi connectivity index (χ4n) is 2.14. The number of rotatable bonds is 5. The Bertz CT molecular complexity index is 840. The average molecular weight is 395 g/mol. The highest BCUT2D eigenvalue weighted by atomic mass is 19.4. The molecule has 1 aromatic carbocycles. The van der Waals surface area contributed by atoms with Crippen molar-refractivity contribution in [1.82, 2.24) is 9.78 Å². The first kappa shape index (κ1) is 20.3. The summed E-state index contributed by atoms with van der Waals surface area (Å²) in [5.41, 5.74) is -2.61. The summed E-state index contributed by atoms with van der Waals surface area (Å²) in [5.74, 6) is -2.72. The van der Waals surface area contributed by atoms with Gasteiger partial charge in [0.1, 0.15) is 5.56 Å². The number of aromatic carboxylic acids is 1. The minimum atomic E-state index is -4.99. The third-order valence-corrected chi connectivity index (χ3v) is 3.30. The van der Waals surface area contributed by atoms with E-state index in [9.17, 15) is 35.9 Å². The Morgan fingerprint density at radius 2 is 1.67 bits per heavy atom. The lowest BCUT2D eigenvalue weighted by Gasteiger charge is -2.12. The monoisotopic (exact) mass is 395 g/mol. The van der Waals surface area contributed by atoms with Crippen LogP contribution in [0, 0.1) is 0 Å².